The van der Waals surface area contributed by atoms with Crippen LogP contribution >= 0.6 is 0 Å². The number of ether oxygens (including phenoxy) is 1. The fourth-order valence-electron chi connectivity index (χ4n) is 3.30. The number of carbonyl (C=O) groups excluding carboxylic acids is 1. The molecular weight excluding hydrogens is 390 g/mol. The molecule has 3 N–H and O–H groups in total. The maximum Gasteiger partial charge on any atom is 0.229 e. The van der Waals surface area contributed by atoms with Crippen molar-refractivity contribution in [3.05, 3.63) is 78.4 Å². The SMILES string of the molecule is COc1ccccc1CNc1nc(Nc2cccc(NC(C)=O)c2)nc2ccccc12. The van der Waals surface area contributed by atoms with E-state index in [2.05, 4.69) is 20.9 Å². The van der Waals surface area contributed by atoms with Gasteiger partial charge in [0.25, 0.3) is 0 Å². The van der Waals surface area contributed by atoms with Crippen molar-refractivity contribution in [3.8, 4) is 5.75 Å². The molecule has 0 aliphatic rings. The van der Waals surface area contributed by atoms with Crippen LogP contribution in [0.2, 0.25) is 0 Å². The first-order chi connectivity index (χ1) is 15.1. The molecule has 31 heavy (non-hydrogen) atoms. The summed E-state index contributed by atoms with van der Waals surface area (Å²) in [5.74, 6) is 1.88. The van der Waals surface area contributed by atoms with Crippen LogP contribution in [0.1, 0.15) is 12.5 Å². The van der Waals surface area contributed by atoms with E-state index in [0.29, 0.717) is 18.2 Å². The number of para-hydroxylation sites is 2. The number of nitrogens with zero attached hydrogens (tertiary/aromatic N) is 2. The average Bonchev–Trinajstić information content (AvgIpc) is 2.77. The van der Waals surface area contributed by atoms with E-state index >= 15 is 0 Å². The van der Waals surface area contributed by atoms with E-state index in [-0.39, 0.29) is 5.91 Å². The molecule has 0 fully saturated rings. The minimum absolute atomic E-state index is 0.123. The number of carbonyl (C=O) groups is 1. The monoisotopic (exact) mass is 413 g/mol. The topological polar surface area (TPSA) is 88.2 Å². The number of hydrogen-bond donors (Lipinski definition) is 3. The number of amides is 1. The molecule has 0 aliphatic heterocycles. The van der Waals surface area contributed by atoms with Crippen molar-refractivity contribution >= 4 is 40.0 Å². The number of aromatic nitrogens is 2. The second-order valence-electron chi connectivity index (χ2n) is 6.97. The zero-order chi connectivity index (χ0) is 21.6. The zero-order valence-corrected chi connectivity index (χ0v) is 17.3. The van der Waals surface area contributed by atoms with Gasteiger partial charge in [-0.05, 0) is 36.4 Å². The highest BCUT2D eigenvalue weighted by Crippen LogP contribution is 2.26. The van der Waals surface area contributed by atoms with Gasteiger partial charge < -0.3 is 20.7 Å². The lowest BCUT2D eigenvalue weighted by atomic mass is 10.2. The molecule has 7 heteroatoms. The van der Waals surface area contributed by atoms with Gasteiger partial charge in [0, 0.05) is 35.8 Å². The first kappa shape index (κ1) is 20.2. The van der Waals surface area contributed by atoms with Gasteiger partial charge >= 0.3 is 0 Å². The van der Waals surface area contributed by atoms with Crippen molar-refractivity contribution in [2.24, 2.45) is 0 Å². The maximum absolute atomic E-state index is 11.3. The largest absolute Gasteiger partial charge is 0.496 e. The third-order valence-corrected chi connectivity index (χ3v) is 4.68. The molecule has 0 saturated carbocycles. The van der Waals surface area contributed by atoms with Gasteiger partial charge in [-0.15, -0.1) is 0 Å². The summed E-state index contributed by atoms with van der Waals surface area (Å²) in [6, 6.07) is 23.1. The summed E-state index contributed by atoms with van der Waals surface area (Å²) in [4.78, 5) is 20.7. The van der Waals surface area contributed by atoms with E-state index in [0.717, 1.165) is 33.7 Å². The van der Waals surface area contributed by atoms with Gasteiger partial charge in [-0.25, -0.2) is 4.98 Å². The third kappa shape index (κ3) is 4.90. The van der Waals surface area contributed by atoms with E-state index in [4.69, 9.17) is 9.72 Å². The molecule has 0 radical (unpaired) electrons. The molecule has 0 unspecified atom stereocenters. The van der Waals surface area contributed by atoms with Gasteiger partial charge in [-0.2, -0.15) is 4.98 Å². The second-order valence-corrected chi connectivity index (χ2v) is 6.97. The minimum Gasteiger partial charge on any atom is -0.496 e. The molecular formula is C24H23N5O2. The highest BCUT2D eigenvalue weighted by Gasteiger charge is 2.10. The van der Waals surface area contributed by atoms with E-state index in [9.17, 15) is 4.79 Å². The van der Waals surface area contributed by atoms with Crippen molar-refractivity contribution in [2.45, 2.75) is 13.5 Å². The zero-order valence-electron chi connectivity index (χ0n) is 17.3. The standard InChI is InChI=1S/C24H23N5O2/c1-16(30)26-18-9-7-10-19(14-18)27-24-28-21-12-5-4-11-20(21)23(29-24)25-15-17-8-3-6-13-22(17)31-2/h3-14H,15H2,1-2H3,(H,26,30)(H2,25,27,28,29). The fraction of sp³-hybridized carbons (Fsp3) is 0.125. The van der Waals surface area contributed by atoms with Gasteiger partial charge in [0.15, 0.2) is 0 Å². The maximum atomic E-state index is 11.3. The Morgan fingerprint density at radius 2 is 1.71 bits per heavy atom. The predicted octanol–water partition coefficient (Wildman–Crippen LogP) is 4.95. The number of anilines is 4. The van der Waals surface area contributed by atoms with Crippen LogP contribution in [-0.2, 0) is 11.3 Å². The van der Waals surface area contributed by atoms with Crippen LogP contribution in [0.4, 0.5) is 23.1 Å². The molecule has 1 heterocycles. The normalized spacial score (nSPS) is 10.5. The highest BCUT2D eigenvalue weighted by atomic mass is 16.5. The summed E-state index contributed by atoms with van der Waals surface area (Å²) >= 11 is 0. The lowest BCUT2D eigenvalue weighted by Crippen LogP contribution is -2.07. The summed E-state index contributed by atoms with van der Waals surface area (Å²) in [5.41, 5.74) is 3.33. The number of rotatable bonds is 7. The van der Waals surface area contributed by atoms with Crippen LogP contribution in [0.15, 0.2) is 72.8 Å². The number of hydrogen-bond acceptors (Lipinski definition) is 6. The van der Waals surface area contributed by atoms with Crippen molar-refractivity contribution in [2.75, 3.05) is 23.1 Å². The smallest absolute Gasteiger partial charge is 0.229 e. The Hall–Kier alpha value is -4.13. The summed E-state index contributed by atoms with van der Waals surface area (Å²) in [5, 5.41) is 10.3. The van der Waals surface area contributed by atoms with Crippen LogP contribution in [0, 0.1) is 0 Å². The van der Waals surface area contributed by atoms with E-state index in [1.165, 1.54) is 6.92 Å². The van der Waals surface area contributed by atoms with E-state index < -0.39 is 0 Å². The number of fused-ring (bicyclic) bond motifs is 1. The summed E-state index contributed by atoms with van der Waals surface area (Å²) in [6.07, 6.45) is 0. The second kappa shape index (κ2) is 9.13. The molecule has 0 aliphatic carbocycles. The van der Waals surface area contributed by atoms with Gasteiger partial charge in [0.05, 0.1) is 12.6 Å². The molecule has 7 nitrogen and oxygen atoms in total. The Bertz CT molecular complexity index is 1230. The van der Waals surface area contributed by atoms with Gasteiger partial charge in [-0.1, -0.05) is 36.4 Å². The van der Waals surface area contributed by atoms with Crippen LogP contribution in [0.25, 0.3) is 10.9 Å². The molecule has 3 aromatic carbocycles. The molecule has 0 atom stereocenters. The van der Waals surface area contributed by atoms with Crippen LogP contribution < -0.4 is 20.7 Å². The van der Waals surface area contributed by atoms with Gasteiger partial charge in [-0.3, -0.25) is 4.79 Å². The Balaban J connectivity index is 1.63. The minimum atomic E-state index is -0.123. The van der Waals surface area contributed by atoms with E-state index in [1.807, 2.05) is 72.8 Å². The Morgan fingerprint density at radius 1 is 0.935 bits per heavy atom. The lowest BCUT2D eigenvalue weighted by Gasteiger charge is -2.14. The van der Waals surface area contributed by atoms with Crippen molar-refractivity contribution < 1.29 is 9.53 Å². The lowest BCUT2D eigenvalue weighted by molar-refractivity contribution is -0.114. The van der Waals surface area contributed by atoms with Crippen molar-refractivity contribution in [1.29, 1.82) is 0 Å². The van der Waals surface area contributed by atoms with Gasteiger partial charge in [0.2, 0.25) is 11.9 Å². The van der Waals surface area contributed by atoms with E-state index in [1.54, 1.807) is 7.11 Å². The predicted molar refractivity (Wildman–Crippen MR) is 124 cm³/mol. The molecule has 1 amide bonds. The summed E-state index contributed by atoms with van der Waals surface area (Å²) in [7, 11) is 1.66. The molecule has 0 bridgehead atoms. The Kier molecular flexibility index (Phi) is 5.93. The number of benzene rings is 3. The fourth-order valence-corrected chi connectivity index (χ4v) is 3.30. The Morgan fingerprint density at radius 3 is 2.55 bits per heavy atom. The first-order valence-corrected chi connectivity index (χ1v) is 9.89. The van der Waals surface area contributed by atoms with Crippen LogP contribution in [-0.4, -0.2) is 23.0 Å². The van der Waals surface area contributed by atoms with Crippen molar-refractivity contribution in [3.63, 3.8) is 0 Å². The molecule has 0 saturated heterocycles. The molecule has 0 spiro atoms. The Labute approximate surface area is 180 Å². The molecule has 156 valence electrons. The number of nitrogens with one attached hydrogen (secondary N) is 3. The molecule has 1 aromatic heterocycles. The molecule has 4 aromatic rings. The molecule has 4 rings (SSSR count). The quantitative estimate of drug-likeness (QED) is 0.397. The third-order valence-electron chi connectivity index (χ3n) is 4.68. The van der Waals surface area contributed by atoms with Crippen LogP contribution in [0.5, 0.6) is 5.75 Å². The summed E-state index contributed by atoms with van der Waals surface area (Å²) < 4.78 is 5.45. The number of methoxy groups -OCH3 is 1. The van der Waals surface area contributed by atoms with Gasteiger partial charge in [0.1, 0.15) is 11.6 Å². The van der Waals surface area contributed by atoms with Crippen molar-refractivity contribution in [1.82, 2.24) is 9.97 Å². The average molecular weight is 413 g/mol. The summed E-state index contributed by atoms with van der Waals surface area (Å²) in [6.45, 7) is 2.04. The highest BCUT2D eigenvalue weighted by molar-refractivity contribution is 5.91. The van der Waals surface area contributed by atoms with Crippen LogP contribution in [0.3, 0.4) is 0 Å². The first-order valence-electron chi connectivity index (χ1n) is 9.89.